The smallest absolute Gasteiger partial charge is 0.251 e. The molecule has 4 aromatic rings. The van der Waals surface area contributed by atoms with E-state index in [2.05, 4.69) is 27.8 Å². The molecule has 0 atom stereocenters. The molecule has 172 valence electrons. The minimum Gasteiger partial charge on any atom is -0.492 e. The Bertz CT molecular complexity index is 1360. The van der Waals surface area contributed by atoms with Crippen LogP contribution in [0.1, 0.15) is 28.5 Å². The van der Waals surface area contributed by atoms with E-state index in [1.165, 1.54) is 0 Å². The number of hydrogen-bond donors (Lipinski definition) is 2. The molecule has 5 rings (SSSR count). The van der Waals surface area contributed by atoms with Gasteiger partial charge in [0.1, 0.15) is 5.75 Å². The van der Waals surface area contributed by atoms with Crippen molar-refractivity contribution in [1.29, 1.82) is 0 Å². The Morgan fingerprint density at radius 2 is 1.97 bits per heavy atom. The highest BCUT2D eigenvalue weighted by Crippen LogP contribution is 2.39. The van der Waals surface area contributed by atoms with Gasteiger partial charge in [0.05, 0.1) is 29.4 Å². The summed E-state index contributed by atoms with van der Waals surface area (Å²) in [4.78, 5) is 21.5. The number of amides is 1. The van der Waals surface area contributed by atoms with Crippen molar-refractivity contribution in [1.82, 2.24) is 25.1 Å². The lowest BCUT2D eigenvalue weighted by molar-refractivity contribution is 0.0962. The zero-order valence-corrected chi connectivity index (χ0v) is 19.4. The Hall–Kier alpha value is -4.20. The molecule has 1 aliphatic carbocycles. The standard InChI is InChI=1S/C26H26N6O2/c1-4-34-21-14-17(25(33)27-2)10-12-19(21)29-26-28-15-18-11-13-20-22(23(18)30-26)24(32(3)31-20)16-8-6-5-7-9-16/h5-10,12,14-15H,4,11,13H2,1-3H3,(H,27,33)(H,28,29,30). The number of aryl methyl sites for hydroxylation is 3. The fraction of sp³-hybridized carbons (Fsp3) is 0.231. The molecule has 8 heteroatoms. The molecule has 0 fully saturated rings. The number of ether oxygens (including phenoxy) is 1. The first-order valence-corrected chi connectivity index (χ1v) is 11.3. The van der Waals surface area contributed by atoms with E-state index >= 15 is 0 Å². The van der Waals surface area contributed by atoms with E-state index in [1.54, 1.807) is 19.2 Å². The van der Waals surface area contributed by atoms with Gasteiger partial charge in [0.15, 0.2) is 0 Å². The van der Waals surface area contributed by atoms with E-state index in [0.29, 0.717) is 29.6 Å². The van der Waals surface area contributed by atoms with Gasteiger partial charge in [-0.2, -0.15) is 5.10 Å². The second-order valence-corrected chi connectivity index (χ2v) is 8.08. The lowest BCUT2D eigenvalue weighted by atomic mass is 9.91. The Morgan fingerprint density at radius 1 is 1.15 bits per heavy atom. The SMILES string of the molecule is CCOc1cc(C(=O)NC)ccc1Nc1ncc2c(n1)-c1c(nn(C)c1-c1ccccc1)CC2. The number of nitrogens with zero attached hydrogens (tertiary/aromatic N) is 4. The summed E-state index contributed by atoms with van der Waals surface area (Å²) in [6.07, 6.45) is 3.59. The average Bonchev–Trinajstić information content (AvgIpc) is 3.21. The quantitative estimate of drug-likeness (QED) is 0.455. The van der Waals surface area contributed by atoms with E-state index in [0.717, 1.165) is 46.6 Å². The zero-order chi connectivity index (χ0) is 23.7. The normalized spacial score (nSPS) is 12.0. The van der Waals surface area contributed by atoms with Gasteiger partial charge in [0.25, 0.3) is 5.91 Å². The van der Waals surface area contributed by atoms with Crippen LogP contribution in [0.15, 0.2) is 54.7 Å². The largest absolute Gasteiger partial charge is 0.492 e. The van der Waals surface area contributed by atoms with Crippen LogP contribution >= 0.6 is 0 Å². The molecule has 1 amide bonds. The van der Waals surface area contributed by atoms with Gasteiger partial charge in [0.2, 0.25) is 5.95 Å². The average molecular weight is 455 g/mol. The molecule has 0 aliphatic heterocycles. The summed E-state index contributed by atoms with van der Waals surface area (Å²) in [5.74, 6) is 0.857. The predicted molar refractivity (Wildman–Crippen MR) is 131 cm³/mol. The van der Waals surface area contributed by atoms with Gasteiger partial charge in [-0.3, -0.25) is 9.48 Å². The molecule has 2 aromatic carbocycles. The number of carbonyl (C=O) groups is 1. The van der Waals surface area contributed by atoms with Crippen molar-refractivity contribution in [3.8, 4) is 28.3 Å². The summed E-state index contributed by atoms with van der Waals surface area (Å²) in [6, 6.07) is 15.5. The van der Waals surface area contributed by atoms with E-state index in [4.69, 9.17) is 14.8 Å². The zero-order valence-electron chi connectivity index (χ0n) is 19.4. The van der Waals surface area contributed by atoms with Crippen LogP contribution in [-0.2, 0) is 19.9 Å². The van der Waals surface area contributed by atoms with Crippen molar-refractivity contribution in [3.05, 3.63) is 71.5 Å². The Kier molecular flexibility index (Phi) is 5.71. The number of aromatic nitrogens is 4. The number of carbonyl (C=O) groups excluding carboxylic acids is 1. The number of rotatable bonds is 6. The molecule has 1 aliphatic rings. The first kappa shape index (κ1) is 21.6. The van der Waals surface area contributed by atoms with E-state index in [9.17, 15) is 4.79 Å². The van der Waals surface area contributed by atoms with Crippen LogP contribution in [0.3, 0.4) is 0 Å². The molecular formula is C26H26N6O2. The third-order valence-corrected chi connectivity index (χ3v) is 5.92. The van der Waals surface area contributed by atoms with Gasteiger partial charge in [-0.25, -0.2) is 9.97 Å². The fourth-order valence-corrected chi connectivity index (χ4v) is 4.36. The number of nitrogens with one attached hydrogen (secondary N) is 2. The minimum atomic E-state index is -0.171. The van der Waals surface area contributed by atoms with Crippen molar-refractivity contribution >= 4 is 17.5 Å². The summed E-state index contributed by atoms with van der Waals surface area (Å²) in [5.41, 5.74) is 7.46. The maximum absolute atomic E-state index is 12.0. The second-order valence-electron chi connectivity index (χ2n) is 8.08. The summed E-state index contributed by atoms with van der Waals surface area (Å²) in [7, 11) is 3.58. The molecule has 2 heterocycles. The summed E-state index contributed by atoms with van der Waals surface area (Å²) in [5, 5.41) is 10.7. The van der Waals surface area contributed by atoms with Crippen LogP contribution in [0.4, 0.5) is 11.6 Å². The van der Waals surface area contributed by atoms with Crippen molar-refractivity contribution in [2.24, 2.45) is 7.05 Å². The minimum absolute atomic E-state index is 0.171. The maximum atomic E-state index is 12.0. The molecule has 0 saturated carbocycles. The van der Waals surface area contributed by atoms with Crippen LogP contribution in [-0.4, -0.2) is 39.3 Å². The van der Waals surface area contributed by atoms with Crippen molar-refractivity contribution in [3.63, 3.8) is 0 Å². The number of benzene rings is 2. The lowest BCUT2D eigenvalue weighted by Gasteiger charge is -2.18. The molecule has 8 nitrogen and oxygen atoms in total. The molecule has 2 N–H and O–H groups in total. The first-order chi connectivity index (χ1) is 16.6. The Labute approximate surface area is 198 Å². The molecule has 0 radical (unpaired) electrons. The van der Waals surface area contributed by atoms with Crippen LogP contribution in [0.5, 0.6) is 5.75 Å². The fourth-order valence-electron chi connectivity index (χ4n) is 4.36. The molecule has 0 bridgehead atoms. The van der Waals surface area contributed by atoms with Crippen LogP contribution in [0, 0.1) is 0 Å². The second kappa shape index (κ2) is 8.97. The third-order valence-electron chi connectivity index (χ3n) is 5.92. The van der Waals surface area contributed by atoms with Gasteiger partial charge in [-0.1, -0.05) is 30.3 Å². The highest BCUT2D eigenvalue weighted by atomic mass is 16.5. The molecule has 0 saturated heterocycles. The number of anilines is 2. The molecule has 0 spiro atoms. The van der Waals surface area contributed by atoms with Gasteiger partial charge in [-0.05, 0) is 43.5 Å². The highest BCUT2D eigenvalue weighted by Gasteiger charge is 2.27. The predicted octanol–water partition coefficient (Wildman–Crippen LogP) is 4.14. The van der Waals surface area contributed by atoms with E-state index in [1.807, 2.05) is 49.1 Å². The first-order valence-electron chi connectivity index (χ1n) is 11.3. The van der Waals surface area contributed by atoms with Crippen molar-refractivity contribution in [2.45, 2.75) is 19.8 Å². The van der Waals surface area contributed by atoms with E-state index in [-0.39, 0.29) is 5.91 Å². The summed E-state index contributed by atoms with van der Waals surface area (Å²) >= 11 is 0. The lowest BCUT2D eigenvalue weighted by Crippen LogP contribution is -2.18. The van der Waals surface area contributed by atoms with E-state index < -0.39 is 0 Å². The van der Waals surface area contributed by atoms with Gasteiger partial charge in [0, 0.05) is 37.0 Å². The van der Waals surface area contributed by atoms with Crippen LogP contribution in [0.25, 0.3) is 22.5 Å². The monoisotopic (exact) mass is 454 g/mol. The van der Waals surface area contributed by atoms with Crippen molar-refractivity contribution < 1.29 is 9.53 Å². The molecule has 0 unspecified atom stereocenters. The maximum Gasteiger partial charge on any atom is 0.251 e. The third kappa shape index (κ3) is 3.87. The number of fused-ring (bicyclic) bond motifs is 3. The van der Waals surface area contributed by atoms with Crippen molar-refractivity contribution in [2.75, 3.05) is 19.0 Å². The van der Waals surface area contributed by atoms with Gasteiger partial charge < -0.3 is 15.4 Å². The van der Waals surface area contributed by atoms with Gasteiger partial charge >= 0.3 is 0 Å². The van der Waals surface area contributed by atoms with Crippen LogP contribution < -0.4 is 15.4 Å². The molecular weight excluding hydrogens is 428 g/mol. The molecule has 2 aromatic heterocycles. The van der Waals surface area contributed by atoms with Crippen LogP contribution in [0.2, 0.25) is 0 Å². The topological polar surface area (TPSA) is 94.0 Å². The Morgan fingerprint density at radius 3 is 2.74 bits per heavy atom. The summed E-state index contributed by atoms with van der Waals surface area (Å²) in [6.45, 7) is 2.37. The highest BCUT2D eigenvalue weighted by molar-refractivity contribution is 5.95. The molecule has 34 heavy (non-hydrogen) atoms. The number of hydrogen-bond acceptors (Lipinski definition) is 6. The summed E-state index contributed by atoms with van der Waals surface area (Å²) < 4.78 is 7.72. The Balaban J connectivity index is 1.55. The van der Waals surface area contributed by atoms with Gasteiger partial charge in [-0.15, -0.1) is 0 Å².